The Morgan fingerprint density at radius 1 is 1.38 bits per heavy atom. The van der Waals surface area contributed by atoms with Gasteiger partial charge in [-0.2, -0.15) is 4.98 Å². The molecule has 0 saturated heterocycles. The summed E-state index contributed by atoms with van der Waals surface area (Å²) in [4.78, 5) is 4.23. The fourth-order valence-electron chi connectivity index (χ4n) is 1.43. The smallest absolute Gasteiger partial charge is 0.243 e. The molecule has 0 amide bonds. The summed E-state index contributed by atoms with van der Waals surface area (Å²) in [5.41, 5.74) is 1.71. The number of aliphatic hydroxyl groups is 2. The van der Waals surface area contributed by atoms with E-state index in [4.69, 9.17) is 10.2 Å². The van der Waals surface area contributed by atoms with Crippen LogP contribution in [0.5, 0.6) is 0 Å². The summed E-state index contributed by atoms with van der Waals surface area (Å²) < 4.78 is 1.70. The molecule has 0 aliphatic carbocycles. The maximum absolute atomic E-state index is 8.93. The average Bonchev–Trinajstić information content (AvgIpc) is 2.70. The molecule has 0 aliphatic heterocycles. The summed E-state index contributed by atoms with van der Waals surface area (Å²) in [6.45, 7) is 1.61. The van der Waals surface area contributed by atoms with Crippen molar-refractivity contribution in [2.75, 3.05) is 18.5 Å². The van der Waals surface area contributed by atoms with E-state index in [0.717, 1.165) is 11.3 Å². The Bertz CT molecular complexity index is 479. The quantitative estimate of drug-likeness (QED) is 0.667. The third-order valence-corrected chi connectivity index (χ3v) is 2.32. The van der Waals surface area contributed by atoms with Gasteiger partial charge in [0, 0.05) is 5.69 Å². The summed E-state index contributed by atoms with van der Waals surface area (Å²) in [6.07, 6.45) is 0. The number of hydrogen-bond donors (Lipinski definition) is 3. The molecule has 0 bridgehead atoms. The minimum Gasteiger partial charge on any atom is -0.394 e. The van der Waals surface area contributed by atoms with E-state index in [0.29, 0.717) is 5.95 Å². The van der Waals surface area contributed by atoms with Gasteiger partial charge in [0.25, 0.3) is 0 Å². The fraction of sp³-hybridized carbons (Fsp3) is 0.400. The van der Waals surface area contributed by atoms with E-state index in [1.54, 1.807) is 4.52 Å². The predicted molar refractivity (Wildman–Crippen MR) is 59.3 cm³/mol. The largest absolute Gasteiger partial charge is 0.394 e. The van der Waals surface area contributed by atoms with Crippen LogP contribution in [0, 0.1) is 6.92 Å². The van der Waals surface area contributed by atoms with E-state index < -0.39 is 6.04 Å². The molecule has 0 radical (unpaired) electrons. The normalized spacial score (nSPS) is 11.2. The van der Waals surface area contributed by atoms with Crippen molar-refractivity contribution in [3.05, 3.63) is 23.9 Å². The zero-order valence-electron chi connectivity index (χ0n) is 8.96. The molecule has 86 valence electrons. The van der Waals surface area contributed by atoms with E-state index in [9.17, 15) is 0 Å². The molecule has 16 heavy (non-hydrogen) atoms. The van der Waals surface area contributed by atoms with Crippen molar-refractivity contribution in [3.8, 4) is 0 Å². The summed E-state index contributed by atoms with van der Waals surface area (Å²) in [5.74, 6) is 0.405. The van der Waals surface area contributed by atoms with E-state index in [1.165, 1.54) is 0 Å². The van der Waals surface area contributed by atoms with Crippen LogP contribution in [0.25, 0.3) is 5.65 Å². The van der Waals surface area contributed by atoms with E-state index in [2.05, 4.69) is 15.4 Å². The average molecular weight is 222 g/mol. The zero-order valence-corrected chi connectivity index (χ0v) is 8.96. The van der Waals surface area contributed by atoms with Crippen LogP contribution in [-0.4, -0.2) is 44.1 Å². The Morgan fingerprint density at radius 2 is 2.12 bits per heavy atom. The molecule has 0 saturated carbocycles. The minimum atomic E-state index is -0.433. The summed E-state index contributed by atoms with van der Waals surface area (Å²) in [5, 5.41) is 24.9. The van der Waals surface area contributed by atoms with Crippen LogP contribution in [0.1, 0.15) is 5.69 Å². The number of rotatable bonds is 4. The van der Waals surface area contributed by atoms with Gasteiger partial charge in [-0.05, 0) is 19.1 Å². The fourth-order valence-corrected chi connectivity index (χ4v) is 1.43. The van der Waals surface area contributed by atoms with Gasteiger partial charge in [-0.25, -0.2) is 4.52 Å². The summed E-state index contributed by atoms with van der Waals surface area (Å²) in [6, 6.07) is 5.25. The highest BCUT2D eigenvalue weighted by molar-refractivity contribution is 5.44. The third-order valence-electron chi connectivity index (χ3n) is 2.32. The monoisotopic (exact) mass is 222 g/mol. The van der Waals surface area contributed by atoms with E-state index in [1.807, 2.05) is 25.1 Å². The molecule has 2 aromatic heterocycles. The second-order valence-corrected chi connectivity index (χ2v) is 3.58. The van der Waals surface area contributed by atoms with Crippen LogP contribution in [-0.2, 0) is 0 Å². The molecular weight excluding hydrogens is 208 g/mol. The van der Waals surface area contributed by atoms with Crippen molar-refractivity contribution in [1.29, 1.82) is 0 Å². The number of nitrogens with one attached hydrogen (secondary N) is 1. The van der Waals surface area contributed by atoms with Crippen LogP contribution < -0.4 is 5.32 Å². The molecule has 0 aromatic carbocycles. The standard InChI is InChI=1S/C10H14N4O2/c1-7-3-2-4-9-12-10(13-14(7)9)11-8(5-15)6-16/h2-4,8,15-16H,5-6H2,1H3,(H,11,13). The molecule has 0 unspecified atom stereocenters. The van der Waals surface area contributed by atoms with Crippen molar-refractivity contribution >= 4 is 11.6 Å². The molecular formula is C10H14N4O2. The van der Waals surface area contributed by atoms with Crippen LogP contribution in [0.15, 0.2) is 18.2 Å². The van der Waals surface area contributed by atoms with Crippen molar-refractivity contribution in [2.45, 2.75) is 13.0 Å². The van der Waals surface area contributed by atoms with Gasteiger partial charge in [0.1, 0.15) is 0 Å². The maximum Gasteiger partial charge on any atom is 0.243 e. The lowest BCUT2D eigenvalue weighted by molar-refractivity contribution is 0.203. The number of anilines is 1. The van der Waals surface area contributed by atoms with Crippen LogP contribution in [0.3, 0.4) is 0 Å². The highest BCUT2D eigenvalue weighted by atomic mass is 16.3. The van der Waals surface area contributed by atoms with Gasteiger partial charge in [-0.15, -0.1) is 5.10 Å². The molecule has 2 rings (SSSR count). The second kappa shape index (κ2) is 4.46. The second-order valence-electron chi connectivity index (χ2n) is 3.58. The Balaban J connectivity index is 2.29. The molecule has 6 nitrogen and oxygen atoms in total. The Hall–Kier alpha value is -1.66. The van der Waals surface area contributed by atoms with Gasteiger partial charge >= 0.3 is 0 Å². The molecule has 2 aromatic rings. The van der Waals surface area contributed by atoms with Crippen LogP contribution in [0.2, 0.25) is 0 Å². The maximum atomic E-state index is 8.93. The lowest BCUT2D eigenvalue weighted by Crippen LogP contribution is -2.28. The number of aliphatic hydroxyl groups excluding tert-OH is 2. The first-order chi connectivity index (χ1) is 7.74. The predicted octanol–water partition coefficient (Wildman–Crippen LogP) is -0.197. The van der Waals surface area contributed by atoms with Crippen molar-refractivity contribution in [3.63, 3.8) is 0 Å². The molecule has 2 heterocycles. The van der Waals surface area contributed by atoms with Crippen LogP contribution in [0.4, 0.5) is 5.95 Å². The van der Waals surface area contributed by atoms with Crippen molar-refractivity contribution in [1.82, 2.24) is 14.6 Å². The van der Waals surface area contributed by atoms with E-state index >= 15 is 0 Å². The molecule has 0 spiro atoms. The number of aryl methyl sites for hydroxylation is 1. The van der Waals surface area contributed by atoms with E-state index in [-0.39, 0.29) is 13.2 Å². The SMILES string of the molecule is Cc1cccc2nc(NC(CO)CO)nn12. The van der Waals surface area contributed by atoms with Crippen molar-refractivity contribution < 1.29 is 10.2 Å². The molecule has 6 heteroatoms. The minimum absolute atomic E-state index is 0.162. The molecule has 3 N–H and O–H groups in total. The summed E-state index contributed by atoms with van der Waals surface area (Å²) >= 11 is 0. The number of pyridine rings is 1. The Morgan fingerprint density at radius 3 is 2.75 bits per heavy atom. The number of fused-ring (bicyclic) bond motifs is 1. The van der Waals surface area contributed by atoms with Gasteiger partial charge in [0.15, 0.2) is 5.65 Å². The first kappa shape index (κ1) is 10.8. The third kappa shape index (κ3) is 1.98. The highest BCUT2D eigenvalue weighted by Crippen LogP contribution is 2.08. The van der Waals surface area contributed by atoms with Gasteiger partial charge in [-0.1, -0.05) is 6.07 Å². The number of hydrogen-bond acceptors (Lipinski definition) is 5. The lowest BCUT2D eigenvalue weighted by Gasteiger charge is -2.10. The number of nitrogens with zero attached hydrogens (tertiary/aromatic N) is 3. The zero-order chi connectivity index (χ0) is 11.5. The van der Waals surface area contributed by atoms with Gasteiger partial charge in [0.05, 0.1) is 19.3 Å². The highest BCUT2D eigenvalue weighted by Gasteiger charge is 2.09. The van der Waals surface area contributed by atoms with Gasteiger partial charge < -0.3 is 15.5 Å². The summed E-state index contributed by atoms with van der Waals surface area (Å²) in [7, 11) is 0. The van der Waals surface area contributed by atoms with Gasteiger partial charge in [0.2, 0.25) is 5.95 Å². The van der Waals surface area contributed by atoms with Crippen LogP contribution >= 0.6 is 0 Å². The lowest BCUT2D eigenvalue weighted by atomic mass is 10.3. The molecule has 0 fully saturated rings. The van der Waals surface area contributed by atoms with Crippen molar-refractivity contribution in [2.24, 2.45) is 0 Å². The van der Waals surface area contributed by atoms with Gasteiger partial charge in [-0.3, -0.25) is 0 Å². The Labute approximate surface area is 92.6 Å². The molecule has 0 aliphatic rings. The number of aromatic nitrogens is 3. The topological polar surface area (TPSA) is 82.7 Å². The molecule has 0 atom stereocenters. The Kier molecular flexibility index (Phi) is 3.02. The first-order valence-electron chi connectivity index (χ1n) is 5.05. The first-order valence-corrected chi connectivity index (χ1v) is 5.05.